The van der Waals surface area contributed by atoms with Crippen molar-refractivity contribution in [2.45, 2.75) is 25.1 Å². The van der Waals surface area contributed by atoms with Crippen molar-refractivity contribution in [1.29, 1.82) is 0 Å². The van der Waals surface area contributed by atoms with Crippen LogP contribution in [0.4, 0.5) is 13.2 Å². The maximum absolute atomic E-state index is 12.3. The van der Waals surface area contributed by atoms with E-state index in [4.69, 9.17) is 5.73 Å². The minimum atomic E-state index is -4.83. The summed E-state index contributed by atoms with van der Waals surface area (Å²) in [5, 5.41) is 4.21. The molecule has 0 spiro atoms. The van der Waals surface area contributed by atoms with E-state index in [0.717, 1.165) is 0 Å². The maximum atomic E-state index is 12.3. The zero-order valence-electron chi connectivity index (χ0n) is 8.94. The van der Waals surface area contributed by atoms with E-state index in [1.807, 2.05) is 5.32 Å². The first kappa shape index (κ1) is 14.7. The molecule has 0 heterocycles. The summed E-state index contributed by atoms with van der Waals surface area (Å²) in [5.41, 5.74) is 1.90. The normalized spacial score (nSPS) is 15.1. The third-order valence-electron chi connectivity index (χ3n) is 1.98. The van der Waals surface area contributed by atoms with Crippen LogP contribution in [0, 0.1) is 0 Å². The van der Waals surface area contributed by atoms with Gasteiger partial charge in [0, 0.05) is 20.0 Å². The highest BCUT2D eigenvalue weighted by Gasteiger charge is 2.53. The fourth-order valence-corrected chi connectivity index (χ4v) is 0.727. The summed E-state index contributed by atoms with van der Waals surface area (Å²) in [5.74, 6) is -1.74. The lowest BCUT2D eigenvalue weighted by Crippen LogP contribution is -2.61. The standard InChI is InChI=1S/C8H14F3N3O2/c1-7(12,8(9,10)11)6(16)14-4-3-5(15)13-2/h3-4,12H2,1-2H3,(H,13,15)(H,14,16). The molecule has 0 saturated carbocycles. The van der Waals surface area contributed by atoms with E-state index in [1.165, 1.54) is 7.05 Å². The molecular formula is C8H14F3N3O2. The molecule has 0 radical (unpaired) electrons. The molecule has 0 fully saturated rings. The van der Waals surface area contributed by atoms with Crippen LogP contribution in [0.2, 0.25) is 0 Å². The number of hydrogen-bond acceptors (Lipinski definition) is 3. The predicted molar refractivity (Wildman–Crippen MR) is 50.3 cm³/mol. The molecule has 0 aromatic heterocycles. The molecule has 0 aliphatic carbocycles. The van der Waals surface area contributed by atoms with Gasteiger partial charge in [-0.15, -0.1) is 0 Å². The summed E-state index contributed by atoms with van der Waals surface area (Å²) >= 11 is 0. The lowest BCUT2D eigenvalue weighted by Gasteiger charge is -2.25. The molecule has 8 heteroatoms. The fraction of sp³-hybridized carbons (Fsp3) is 0.750. The molecule has 16 heavy (non-hydrogen) atoms. The predicted octanol–water partition coefficient (Wildman–Crippen LogP) is -0.482. The smallest absolute Gasteiger partial charge is 0.359 e. The van der Waals surface area contributed by atoms with Crippen molar-refractivity contribution in [2.24, 2.45) is 5.73 Å². The lowest BCUT2D eigenvalue weighted by atomic mass is 10.0. The van der Waals surface area contributed by atoms with Crippen LogP contribution < -0.4 is 16.4 Å². The molecule has 0 aromatic carbocycles. The molecule has 0 aromatic rings. The quantitative estimate of drug-likeness (QED) is 0.621. The van der Waals surface area contributed by atoms with Crippen molar-refractivity contribution >= 4 is 11.8 Å². The zero-order chi connectivity index (χ0) is 13.0. The number of amides is 2. The Morgan fingerprint density at radius 3 is 2.19 bits per heavy atom. The van der Waals surface area contributed by atoms with Gasteiger partial charge in [0.1, 0.15) is 0 Å². The van der Waals surface area contributed by atoms with Gasteiger partial charge >= 0.3 is 6.18 Å². The van der Waals surface area contributed by atoms with E-state index in [1.54, 1.807) is 0 Å². The molecule has 4 N–H and O–H groups in total. The Morgan fingerprint density at radius 2 is 1.81 bits per heavy atom. The third kappa shape index (κ3) is 3.69. The number of carbonyl (C=O) groups excluding carboxylic acids is 2. The molecule has 5 nitrogen and oxygen atoms in total. The molecule has 94 valence electrons. The maximum Gasteiger partial charge on any atom is 0.415 e. The summed E-state index contributed by atoms with van der Waals surface area (Å²) in [7, 11) is 1.38. The van der Waals surface area contributed by atoms with Gasteiger partial charge in [-0.1, -0.05) is 0 Å². The number of carbonyl (C=O) groups is 2. The molecule has 0 rings (SSSR count). The summed E-state index contributed by atoms with van der Waals surface area (Å²) in [6.45, 7) is 0.379. The minimum Gasteiger partial charge on any atom is -0.359 e. The summed E-state index contributed by atoms with van der Waals surface area (Å²) in [4.78, 5) is 21.8. The first-order valence-electron chi connectivity index (χ1n) is 4.47. The Bertz CT molecular complexity index is 276. The van der Waals surface area contributed by atoms with Crippen LogP contribution in [0.15, 0.2) is 0 Å². The summed E-state index contributed by atoms with van der Waals surface area (Å²) in [6.07, 6.45) is -4.93. The molecule has 1 atom stereocenters. The highest BCUT2D eigenvalue weighted by molar-refractivity contribution is 5.87. The van der Waals surface area contributed by atoms with E-state index in [-0.39, 0.29) is 18.9 Å². The number of alkyl halides is 3. The molecule has 1 unspecified atom stereocenters. The minimum absolute atomic E-state index is 0.101. The van der Waals surface area contributed by atoms with Gasteiger partial charge in [-0.05, 0) is 6.92 Å². The van der Waals surface area contributed by atoms with Crippen molar-refractivity contribution in [3.63, 3.8) is 0 Å². The Morgan fingerprint density at radius 1 is 1.31 bits per heavy atom. The van der Waals surface area contributed by atoms with Crippen LogP contribution in [0.3, 0.4) is 0 Å². The molecule has 0 bridgehead atoms. The average molecular weight is 241 g/mol. The first-order chi connectivity index (χ1) is 7.13. The molecule has 0 saturated heterocycles. The second-order valence-corrected chi connectivity index (χ2v) is 3.38. The average Bonchev–Trinajstić information content (AvgIpc) is 2.15. The van der Waals surface area contributed by atoms with Crippen LogP contribution in [0.1, 0.15) is 13.3 Å². The Kier molecular flexibility index (Phi) is 4.73. The number of rotatable bonds is 4. The van der Waals surface area contributed by atoms with Crippen molar-refractivity contribution in [3.8, 4) is 0 Å². The number of nitrogens with two attached hydrogens (primary N) is 1. The molecule has 2 amide bonds. The third-order valence-corrected chi connectivity index (χ3v) is 1.98. The summed E-state index contributed by atoms with van der Waals surface area (Å²) in [6, 6.07) is 0. The molecular weight excluding hydrogens is 227 g/mol. The van der Waals surface area contributed by atoms with Crippen LogP contribution in [-0.2, 0) is 9.59 Å². The number of hydrogen-bond donors (Lipinski definition) is 3. The topological polar surface area (TPSA) is 84.2 Å². The van der Waals surface area contributed by atoms with Gasteiger partial charge in [-0.2, -0.15) is 13.2 Å². The van der Waals surface area contributed by atoms with E-state index in [2.05, 4.69) is 5.32 Å². The highest BCUT2D eigenvalue weighted by atomic mass is 19.4. The van der Waals surface area contributed by atoms with Crippen molar-refractivity contribution in [3.05, 3.63) is 0 Å². The Balaban J connectivity index is 4.22. The van der Waals surface area contributed by atoms with Crippen LogP contribution >= 0.6 is 0 Å². The first-order valence-corrected chi connectivity index (χ1v) is 4.47. The van der Waals surface area contributed by atoms with Crippen molar-refractivity contribution < 1.29 is 22.8 Å². The SMILES string of the molecule is CNC(=O)CCNC(=O)C(C)(N)C(F)(F)F. The van der Waals surface area contributed by atoms with Gasteiger partial charge in [-0.25, -0.2) is 0 Å². The number of halogens is 3. The highest BCUT2D eigenvalue weighted by Crippen LogP contribution is 2.27. The van der Waals surface area contributed by atoms with Gasteiger partial charge in [0.05, 0.1) is 0 Å². The van der Waals surface area contributed by atoms with Crippen LogP contribution in [0.5, 0.6) is 0 Å². The van der Waals surface area contributed by atoms with Crippen molar-refractivity contribution in [1.82, 2.24) is 10.6 Å². The summed E-state index contributed by atoms with van der Waals surface area (Å²) < 4.78 is 36.8. The Labute approximate surface area is 90.6 Å². The van der Waals surface area contributed by atoms with Gasteiger partial charge in [0.25, 0.3) is 0 Å². The van der Waals surface area contributed by atoms with Gasteiger partial charge in [0.2, 0.25) is 11.8 Å². The van der Waals surface area contributed by atoms with Gasteiger partial charge < -0.3 is 16.4 Å². The van der Waals surface area contributed by atoms with Crippen LogP contribution in [-0.4, -0.2) is 37.1 Å². The van der Waals surface area contributed by atoms with Gasteiger partial charge in [-0.3, -0.25) is 9.59 Å². The Hall–Kier alpha value is -1.31. The second kappa shape index (κ2) is 5.15. The van der Waals surface area contributed by atoms with E-state index in [0.29, 0.717) is 6.92 Å². The molecule has 0 aliphatic heterocycles. The van der Waals surface area contributed by atoms with E-state index < -0.39 is 17.6 Å². The molecule has 0 aliphatic rings. The monoisotopic (exact) mass is 241 g/mol. The fourth-order valence-electron chi connectivity index (χ4n) is 0.727. The van der Waals surface area contributed by atoms with E-state index in [9.17, 15) is 22.8 Å². The lowest BCUT2D eigenvalue weighted by molar-refractivity contribution is -0.187. The number of nitrogens with one attached hydrogen (secondary N) is 2. The second-order valence-electron chi connectivity index (χ2n) is 3.38. The van der Waals surface area contributed by atoms with Crippen molar-refractivity contribution in [2.75, 3.05) is 13.6 Å². The largest absolute Gasteiger partial charge is 0.415 e. The van der Waals surface area contributed by atoms with Gasteiger partial charge in [0.15, 0.2) is 5.54 Å². The van der Waals surface area contributed by atoms with E-state index >= 15 is 0 Å². The zero-order valence-corrected chi connectivity index (χ0v) is 8.94. The van der Waals surface area contributed by atoms with Crippen LogP contribution in [0.25, 0.3) is 0 Å².